The highest BCUT2D eigenvalue weighted by atomic mass is 16.5. The first-order chi connectivity index (χ1) is 15.0. The van der Waals surface area contributed by atoms with Gasteiger partial charge in [-0.1, -0.05) is 55.5 Å². The molecule has 7 heteroatoms. The third-order valence-electron chi connectivity index (χ3n) is 5.61. The van der Waals surface area contributed by atoms with E-state index in [0.717, 1.165) is 33.8 Å². The molecule has 0 aliphatic heterocycles. The summed E-state index contributed by atoms with van der Waals surface area (Å²) in [7, 11) is 0. The molecule has 0 spiro atoms. The Balaban J connectivity index is 1.44. The van der Waals surface area contributed by atoms with E-state index in [0.29, 0.717) is 6.42 Å². The average Bonchev–Trinajstić information content (AvgIpc) is 3.28. The number of ether oxygens (including phenoxy) is 1. The van der Waals surface area contributed by atoms with E-state index in [2.05, 4.69) is 22.4 Å². The van der Waals surface area contributed by atoms with E-state index in [1.807, 2.05) is 50.2 Å². The van der Waals surface area contributed by atoms with Crippen molar-refractivity contribution >= 4 is 12.1 Å². The lowest BCUT2D eigenvalue weighted by Gasteiger charge is -2.18. The summed E-state index contributed by atoms with van der Waals surface area (Å²) < 4.78 is 7.24. The van der Waals surface area contributed by atoms with Gasteiger partial charge in [-0.15, -0.1) is 0 Å². The summed E-state index contributed by atoms with van der Waals surface area (Å²) >= 11 is 0. The second-order valence-electron chi connectivity index (χ2n) is 7.67. The van der Waals surface area contributed by atoms with Gasteiger partial charge in [0, 0.05) is 18.5 Å². The van der Waals surface area contributed by atoms with Gasteiger partial charge in [0.2, 0.25) is 0 Å². The molecule has 2 aromatic carbocycles. The Morgan fingerprint density at radius 3 is 2.32 bits per heavy atom. The third kappa shape index (κ3) is 4.17. The molecule has 1 aliphatic carbocycles. The van der Waals surface area contributed by atoms with Crippen LogP contribution in [0.5, 0.6) is 0 Å². The van der Waals surface area contributed by atoms with Crippen molar-refractivity contribution in [3.63, 3.8) is 0 Å². The second-order valence-corrected chi connectivity index (χ2v) is 7.67. The largest absolute Gasteiger partial charge is 0.480 e. The zero-order chi connectivity index (χ0) is 22.0. The maximum absolute atomic E-state index is 12.5. The second kappa shape index (κ2) is 8.63. The van der Waals surface area contributed by atoms with E-state index in [4.69, 9.17) is 4.74 Å². The van der Waals surface area contributed by atoms with E-state index in [1.165, 1.54) is 0 Å². The number of aryl methyl sites for hydroxylation is 2. The smallest absolute Gasteiger partial charge is 0.407 e. The topological polar surface area (TPSA) is 93.5 Å². The van der Waals surface area contributed by atoms with Crippen LogP contribution in [0.25, 0.3) is 11.1 Å². The van der Waals surface area contributed by atoms with Gasteiger partial charge in [0.1, 0.15) is 18.5 Å². The van der Waals surface area contributed by atoms with Crippen LogP contribution < -0.4 is 5.32 Å². The van der Waals surface area contributed by atoms with Crippen molar-refractivity contribution in [1.82, 2.24) is 14.9 Å². The minimum absolute atomic E-state index is 0.0792. The first-order valence-corrected chi connectivity index (χ1v) is 10.3. The number of imidazole rings is 1. The molecule has 0 fully saturated rings. The number of carbonyl (C=O) groups is 2. The molecule has 7 nitrogen and oxygen atoms in total. The Morgan fingerprint density at radius 1 is 1.13 bits per heavy atom. The van der Waals surface area contributed by atoms with Crippen LogP contribution in [0.3, 0.4) is 0 Å². The van der Waals surface area contributed by atoms with E-state index in [9.17, 15) is 14.7 Å². The number of carboxylic acids is 1. The Bertz CT molecular complexity index is 1080. The van der Waals surface area contributed by atoms with Gasteiger partial charge in [-0.3, -0.25) is 0 Å². The number of hydrogen-bond donors (Lipinski definition) is 2. The minimum Gasteiger partial charge on any atom is -0.480 e. The fourth-order valence-corrected chi connectivity index (χ4v) is 4.20. The molecule has 1 aliphatic rings. The summed E-state index contributed by atoms with van der Waals surface area (Å²) in [5.41, 5.74) is 5.29. The Kier molecular flexibility index (Phi) is 5.75. The molecule has 3 aromatic rings. The van der Waals surface area contributed by atoms with Gasteiger partial charge >= 0.3 is 12.1 Å². The normalized spacial score (nSPS) is 13.4. The summed E-state index contributed by atoms with van der Waals surface area (Å²) in [6.07, 6.45) is 1.71. The van der Waals surface area contributed by atoms with E-state index < -0.39 is 18.1 Å². The van der Waals surface area contributed by atoms with Gasteiger partial charge in [0.05, 0.1) is 12.2 Å². The summed E-state index contributed by atoms with van der Waals surface area (Å²) in [6.45, 7) is 4.03. The van der Waals surface area contributed by atoms with Crippen LogP contribution in [0.2, 0.25) is 0 Å². The van der Waals surface area contributed by atoms with Crippen LogP contribution in [-0.2, 0) is 22.5 Å². The molecule has 0 bridgehead atoms. The lowest BCUT2D eigenvalue weighted by Crippen LogP contribution is -2.44. The quantitative estimate of drug-likeness (QED) is 0.608. The molecule has 0 saturated carbocycles. The molecular formula is C24H25N3O4. The predicted molar refractivity (Wildman–Crippen MR) is 116 cm³/mol. The van der Waals surface area contributed by atoms with E-state index in [-0.39, 0.29) is 19.1 Å². The molecule has 4 rings (SSSR count). The standard InChI is InChI=1S/C24H25N3O4/c1-3-22-25-15(2)12-27(22)13-21(23(28)29)26-24(30)31-14-20-18-10-6-4-8-16(18)17-9-5-7-11-19(17)20/h4-12,20-21H,3,13-14H2,1-2H3,(H,26,30)(H,28,29). The SMILES string of the molecule is CCc1nc(C)cn1CC(NC(=O)OCC1c2ccccc2-c2ccccc21)C(=O)O. The highest BCUT2D eigenvalue weighted by molar-refractivity contribution is 5.81. The Morgan fingerprint density at radius 2 is 1.74 bits per heavy atom. The fraction of sp³-hybridized carbons (Fsp3) is 0.292. The number of amides is 1. The number of alkyl carbamates (subject to hydrolysis) is 1. The minimum atomic E-state index is -1.12. The molecule has 1 amide bonds. The number of carbonyl (C=O) groups excluding carboxylic acids is 1. The average molecular weight is 419 g/mol. The molecule has 160 valence electrons. The zero-order valence-electron chi connectivity index (χ0n) is 17.5. The van der Waals surface area contributed by atoms with Crippen molar-refractivity contribution in [3.05, 3.63) is 77.4 Å². The van der Waals surface area contributed by atoms with Crippen LogP contribution >= 0.6 is 0 Å². The number of aromatic nitrogens is 2. The number of benzene rings is 2. The fourth-order valence-electron chi connectivity index (χ4n) is 4.20. The number of nitrogens with zero attached hydrogens (tertiary/aromatic N) is 2. The predicted octanol–water partition coefficient (Wildman–Crippen LogP) is 3.75. The number of hydrogen-bond acceptors (Lipinski definition) is 4. The molecule has 0 saturated heterocycles. The number of fused-ring (bicyclic) bond motifs is 3. The van der Waals surface area contributed by atoms with Crippen molar-refractivity contribution in [2.75, 3.05) is 6.61 Å². The van der Waals surface area contributed by atoms with Gasteiger partial charge in [-0.05, 0) is 29.2 Å². The Hall–Kier alpha value is -3.61. The van der Waals surface area contributed by atoms with Crippen molar-refractivity contribution in [2.24, 2.45) is 0 Å². The number of aliphatic carboxylic acids is 1. The van der Waals surface area contributed by atoms with Gasteiger partial charge in [0.15, 0.2) is 0 Å². The molecule has 1 heterocycles. The summed E-state index contributed by atoms with van der Waals surface area (Å²) in [4.78, 5) is 28.6. The monoisotopic (exact) mass is 419 g/mol. The van der Waals surface area contributed by atoms with Gasteiger partial charge in [0.25, 0.3) is 0 Å². The van der Waals surface area contributed by atoms with Crippen molar-refractivity contribution in [3.8, 4) is 11.1 Å². The van der Waals surface area contributed by atoms with Crippen molar-refractivity contribution in [2.45, 2.75) is 38.8 Å². The van der Waals surface area contributed by atoms with Gasteiger partial charge in [-0.2, -0.15) is 0 Å². The Labute approximate surface area is 180 Å². The first-order valence-electron chi connectivity index (χ1n) is 10.3. The maximum atomic E-state index is 12.5. The lowest BCUT2D eigenvalue weighted by molar-refractivity contribution is -0.139. The van der Waals surface area contributed by atoms with Crippen molar-refractivity contribution < 1.29 is 19.4 Å². The number of carboxylic acid groups (broad SMARTS) is 1. The van der Waals surface area contributed by atoms with E-state index >= 15 is 0 Å². The number of nitrogens with one attached hydrogen (secondary N) is 1. The summed E-state index contributed by atoms with van der Waals surface area (Å²) in [5, 5.41) is 12.1. The summed E-state index contributed by atoms with van der Waals surface area (Å²) in [6, 6.07) is 15.0. The highest BCUT2D eigenvalue weighted by Crippen LogP contribution is 2.44. The van der Waals surface area contributed by atoms with Gasteiger partial charge < -0.3 is 19.7 Å². The number of rotatable bonds is 7. The van der Waals surface area contributed by atoms with Crippen molar-refractivity contribution in [1.29, 1.82) is 0 Å². The molecule has 2 N–H and O–H groups in total. The molecule has 1 aromatic heterocycles. The maximum Gasteiger partial charge on any atom is 0.407 e. The molecule has 0 radical (unpaired) electrons. The highest BCUT2D eigenvalue weighted by Gasteiger charge is 2.30. The first kappa shape index (κ1) is 20.7. The molecule has 31 heavy (non-hydrogen) atoms. The third-order valence-corrected chi connectivity index (χ3v) is 5.61. The van der Waals surface area contributed by atoms with Crippen LogP contribution in [0.1, 0.15) is 35.5 Å². The van der Waals surface area contributed by atoms with Gasteiger partial charge in [-0.25, -0.2) is 14.6 Å². The zero-order valence-corrected chi connectivity index (χ0v) is 17.5. The lowest BCUT2D eigenvalue weighted by atomic mass is 9.98. The molecular weight excluding hydrogens is 394 g/mol. The van der Waals surface area contributed by atoms with Crippen LogP contribution in [0.4, 0.5) is 4.79 Å². The van der Waals surface area contributed by atoms with Crippen LogP contribution in [-0.4, -0.2) is 39.4 Å². The summed E-state index contributed by atoms with van der Waals surface area (Å²) in [5.74, 6) is -0.426. The van der Waals surface area contributed by atoms with Crippen LogP contribution in [0, 0.1) is 6.92 Å². The van der Waals surface area contributed by atoms with Crippen LogP contribution in [0.15, 0.2) is 54.7 Å². The molecule has 1 unspecified atom stereocenters. The molecule has 1 atom stereocenters. The van der Waals surface area contributed by atoms with E-state index in [1.54, 1.807) is 10.8 Å².